The third-order valence-corrected chi connectivity index (χ3v) is 6.43. The Labute approximate surface area is 144 Å². The predicted molar refractivity (Wildman–Crippen MR) is 92.9 cm³/mol. The molecule has 1 amide bonds. The van der Waals surface area contributed by atoms with Crippen LogP contribution in [-0.4, -0.2) is 54.7 Å². The molecule has 1 saturated heterocycles. The highest BCUT2D eigenvalue weighted by molar-refractivity contribution is 7.89. The van der Waals surface area contributed by atoms with Crippen molar-refractivity contribution >= 4 is 15.9 Å². The molecule has 7 heteroatoms. The lowest BCUT2D eigenvalue weighted by atomic mass is 9.96. The molecule has 1 aromatic heterocycles. The second-order valence-corrected chi connectivity index (χ2v) is 8.08. The van der Waals surface area contributed by atoms with Gasteiger partial charge < -0.3 is 4.90 Å². The summed E-state index contributed by atoms with van der Waals surface area (Å²) in [6, 6.07) is 3.18. The number of piperidine rings is 1. The van der Waals surface area contributed by atoms with Gasteiger partial charge in [-0.3, -0.25) is 9.78 Å². The molecular weight excluding hydrogens is 326 g/mol. The fraction of sp³-hybridized carbons (Fsp3) is 0.647. The summed E-state index contributed by atoms with van der Waals surface area (Å²) in [5.74, 6) is 0.103. The maximum absolute atomic E-state index is 12.6. The summed E-state index contributed by atoms with van der Waals surface area (Å²) < 4.78 is 26.6. The molecule has 0 radical (unpaired) electrons. The van der Waals surface area contributed by atoms with Gasteiger partial charge in [-0.25, -0.2) is 8.42 Å². The SMILES string of the molecule is CCCCN(CC)C(=O)C1CCN(S(=O)(=O)c2cccnc2)CC1. The van der Waals surface area contributed by atoms with Crippen LogP contribution in [0.3, 0.4) is 0 Å². The Morgan fingerprint density at radius 1 is 1.33 bits per heavy atom. The van der Waals surface area contributed by atoms with E-state index in [-0.39, 0.29) is 16.7 Å². The van der Waals surface area contributed by atoms with Crippen molar-refractivity contribution in [3.05, 3.63) is 24.5 Å². The van der Waals surface area contributed by atoms with Crippen LogP contribution in [0.1, 0.15) is 39.5 Å². The average molecular weight is 353 g/mol. The molecule has 0 aromatic carbocycles. The van der Waals surface area contributed by atoms with Crippen LogP contribution >= 0.6 is 0 Å². The third-order valence-electron chi connectivity index (χ3n) is 4.55. The zero-order chi connectivity index (χ0) is 17.6. The van der Waals surface area contributed by atoms with Gasteiger partial charge in [0.1, 0.15) is 4.90 Å². The summed E-state index contributed by atoms with van der Waals surface area (Å²) in [5, 5.41) is 0. The number of unbranched alkanes of at least 4 members (excludes halogenated alkanes) is 1. The van der Waals surface area contributed by atoms with Crippen molar-refractivity contribution in [3.63, 3.8) is 0 Å². The van der Waals surface area contributed by atoms with E-state index in [1.165, 1.54) is 10.5 Å². The molecule has 0 saturated carbocycles. The number of rotatable bonds is 7. The first-order chi connectivity index (χ1) is 11.5. The maximum atomic E-state index is 12.6. The van der Waals surface area contributed by atoms with Gasteiger partial charge in [0.05, 0.1) is 0 Å². The summed E-state index contributed by atoms with van der Waals surface area (Å²) in [5.41, 5.74) is 0. The Kier molecular flexibility index (Phi) is 6.74. The quantitative estimate of drug-likeness (QED) is 0.753. The Morgan fingerprint density at radius 3 is 2.58 bits per heavy atom. The molecule has 0 bridgehead atoms. The number of carbonyl (C=O) groups is 1. The lowest BCUT2D eigenvalue weighted by Gasteiger charge is -2.33. The third kappa shape index (κ3) is 4.33. The molecular formula is C17H27N3O3S. The van der Waals surface area contributed by atoms with Gasteiger partial charge in [0.25, 0.3) is 0 Å². The molecule has 1 aliphatic rings. The number of sulfonamides is 1. The number of hydrogen-bond acceptors (Lipinski definition) is 4. The largest absolute Gasteiger partial charge is 0.343 e. The molecule has 0 aliphatic carbocycles. The van der Waals surface area contributed by atoms with E-state index < -0.39 is 10.0 Å². The number of pyridine rings is 1. The number of aromatic nitrogens is 1. The molecule has 2 rings (SSSR count). The molecule has 0 unspecified atom stereocenters. The van der Waals surface area contributed by atoms with Crippen LogP contribution in [-0.2, 0) is 14.8 Å². The van der Waals surface area contributed by atoms with Crippen LogP contribution in [0.2, 0.25) is 0 Å². The Morgan fingerprint density at radius 2 is 2.04 bits per heavy atom. The van der Waals surface area contributed by atoms with Gasteiger partial charge in [-0.15, -0.1) is 0 Å². The second kappa shape index (κ2) is 8.58. The fourth-order valence-electron chi connectivity index (χ4n) is 3.02. The van der Waals surface area contributed by atoms with Crippen LogP contribution < -0.4 is 0 Å². The first-order valence-corrected chi connectivity index (χ1v) is 10.1. The molecule has 1 fully saturated rings. The fourth-order valence-corrected chi connectivity index (χ4v) is 4.46. The minimum absolute atomic E-state index is 0.0674. The van der Waals surface area contributed by atoms with E-state index in [4.69, 9.17) is 0 Å². The smallest absolute Gasteiger partial charge is 0.244 e. The van der Waals surface area contributed by atoms with Gasteiger partial charge in [0.2, 0.25) is 15.9 Å². The van der Waals surface area contributed by atoms with E-state index >= 15 is 0 Å². The minimum Gasteiger partial charge on any atom is -0.343 e. The van der Waals surface area contributed by atoms with Gasteiger partial charge in [0, 0.05) is 44.5 Å². The van der Waals surface area contributed by atoms with Crippen LogP contribution in [0.5, 0.6) is 0 Å². The number of amides is 1. The summed E-state index contributed by atoms with van der Waals surface area (Å²) in [4.78, 5) is 18.6. The van der Waals surface area contributed by atoms with Crippen molar-refractivity contribution in [2.75, 3.05) is 26.2 Å². The predicted octanol–water partition coefficient (Wildman–Crippen LogP) is 2.13. The molecule has 134 valence electrons. The van der Waals surface area contributed by atoms with Gasteiger partial charge in [-0.2, -0.15) is 4.31 Å². The standard InChI is InChI=1S/C17H27N3O3S/c1-3-5-11-19(4-2)17(21)15-8-12-20(13-9-15)24(22,23)16-7-6-10-18-14-16/h6-7,10,14-15H,3-5,8-9,11-13H2,1-2H3. The van der Waals surface area contributed by atoms with Gasteiger partial charge >= 0.3 is 0 Å². The molecule has 24 heavy (non-hydrogen) atoms. The Balaban J connectivity index is 1.97. The normalized spacial score (nSPS) is 16.9. The first kappa shape index (κ1) is 18.9. The first-order valence-electron chi connectivity index (χ1n) is 8.69. The van der Waals surface area contributed by atoms with Gasteiger partial charge in [-0.05, 0) is 38.3 Å². The van der Waals surface area contributed by atoms with E-state index in [9.17, 15) is 13.2 Å². The number of hydrogen-bond donors (Lipinski definition) is 0. The summed E-state index contributed by atoms with van der Waals surface area (Å²) in [7, 11) is -3.51. The second-order valence-electron chi connectivity index (χ2n) is 6.14. The van der Waals surface area contributed by atoms with E-state index in [2.05, 4.69) is 11.9 Å². The minimum atomic E-state index is -3.51. The van der Waals surface area contributed by atoms with E-state index in [1.807, 2.05) is 11.8 Å². The van der Waals surface area contributed by atoms with E-state index in [1.54, 1.807) is 18.3 Å². The Hall–Kier alpha value is -1.47. The molecule has 2 heterocycles. The summed E-state index contributed by atoms with van der Waals surface area (Å²) in [6.07, 6.45) is 6.16. The van der Waals surface area contributed by atoms with Crippen LogP contribution in [0.4, 0.5) is 0 Å². The number of nitrogens with zero attached hydrogens (tertiary/aromatic N) is 3. The van der Waals surface area contributed by atoms with Gasteiger partial charge in [0.15, 0.2) is 0 Å². The van der Waals surface area contributed by atoms with Crippen molar-refractivity contribution in [1.82, 2.24) is 14.2 Å². The van der Waals surface area contributed by atoms with Gasteiger partial charge in [-0.1, -0.05) is 13.3 Å². The summed E-state index contributed by atoms with van der Waals surface area (Å²) in [6.45, 7) is 6.39. The highest BCUT2D eigenvalue weighted by Gasteiger charge is 2.33. The molecule has 6 nitrogen and oxygen atoms in total. The van der Waals surface area contributed by atoms with Crippen LogP contribution in [0, 0.1) is 5.92 Å². The van der Waals surface area contributed by atoms with Crippen molar-refractivity contribution < 1.29 is 13.2 Å². The Bertz CT molecular complexity index is 626. The lowest BCUT2D eigenvalue weighted by Crippen LogP contribution is -2.44. The van der Waals surface area contributed by atoms with Crippen molar-refractivity contribution in [2.45, 2.75) is 44.4 Å². The van der Waals surface area contributed by atoms with E-state index in [0.29, 0.717) is 32.5 Å². The molecule has 1 aromatic rings. The van der Waals surface area contributed by atoms with E-state index in [0.717, 1.165) is 19.4 Å². The lowest BCUT2D eigenvalue weighted by molar-refractivity contribution is -0.136. The molecule has 0 spiro atoms. The highest BCUT2D eigenvalue weighted by Crippen LogP contribution is 2.24. The molecule has 0 N–H and O–H groups in total. The molecule has 0 atom stereocenters. The van der Waals surface area contributed by atoms with Crippen LogP contribution in [0.25, 0.3) is 0 Å². The van der Waals surface area contributed by atoms with Crippen molar-refractivity contribution in [3.8, 4) is 0 Å². The zero-order valence-corrected chi connectivity index (χ0v) is 15.3. The number of carbonyl (C=O) groups excluding carboxylic acids is 1. The summed E-state index contributed by atoms with van der Waals surface area (Å²) >= 11 is 0. The maximum Gasteiger partial charge on any atom is 0.244 e. The highest BCUT2D eigenvalue weighted by atomic mass is 32.2. The zero-order valence-electron chi connectivity index (χ0n) is 14.5. The van der Waals surface area contributed by atoms with Crippen molar-refractivity contribution in [1.29, 1.82) is 0 Å². The van der Waals surface area contributed by atoms with Crippen LogP contribution in [0.15, 0.2) is 29.4 Å². The average Bonchev–Trinajstić information content (AvgIpc) is 2.63. The van der Waals surface area contributed by atoms with Crippen molar-refractivity contribution in [2.24, 2.45) is 5.92 Å². The topological polar surface area (TPSA) is 70.6 Å². The molecule has 1 aliphatic heterocycles. The monoisotopic (exact) mass is 353 g/mol.